The Balaban J connectivity index is 2.37. The molecule has 0 saturated carbocycles. The average Bonchev–Trinajstić information content (AvgIpc) is 2.72. The molecular weight excluding hydrogens is 274 g/mol. The van der Waals surface area contributed by atoms with Gasteiger partial charge in [0.25, 0.3) is 0 Å². The van der Waals surface area contributed by atoms with Crippen LogP contribution in [0.2, 0.25) is 0 Å². The minimum atomic E-state index is -3.45. The second kappa shape index (κ2) is 6.83. The number of sulfonamides is 1. The Bertz CT molecular complexity index is 496. The van der Waals surface area contributed by atoms with Crippen molar-refractivity contribution >= 4 is 27.3 Å². The van der Waals surface area contributed by atoms with Crippen molar-refractivity contribution in [2.75, 3.05) is 26.7 Å². The molecule has 0 unspecified atom stereocenters. The molecule has 6 nitrogen and oxygen atoms in total. The fourth-order valence-corrected chi connectivity index (χ4v) is 3.60. The second-order valence-electron chi connectivity index (χ2n) is 3.64. The van der Waals surface area contributed by atoms with Crippen LogP contribution in [-0.2, 0) is 14.8 Å². The predicted molar refractivity (Wildman–Crippen MR) is 71.2 cm³/mol. The van der Waals surface area contributed by atoms with Gasteiger partial charge in [-0.2, -0.15) is 0 Å². The molecular formula is C10H17N3O3S2. The minimum absolute atomic E-state index is 0.163. The molecule has 1 amide bonds. The zero-order valence-electron chi connectivity index (χ0n) is 10.3. The summed E-state index contributed by atoms with van der Waals surface area (Å²) in [7, 11) is -1.78. The third-order valence-corrected chi connectivity index (χ3v) is 5.01. The molecule has 0 saturated heterocycles. The van der Waals surface area contributed by atoms with Gasteiger partial charge in [0.05, 0.1) is 6.54 Å². The first-order valence-corrected chi connectivity index (χ1v) is 7.73. The molecule has 0 bridgehead atoms. The van der Waals surface area contributed by atoms with Gasteiger partial charge in [-0.1, -0.05) is 0 Å². The van der Waals surface area contributed by atoms with Crippen LogP contribution in [0.25, 0.3) is 0 Å². The summed E-state index contributed by atoms with van der Waals surface area (Å²) in [6.45, 7) is 2.51. The van der Waals surface area contributed by atoms with E-state index in [1.807, 2.05) is 6.92 Å². The number of hydrogen-bond acceptors (Lipinski definition) is 5. The molecule has 3 N–H and O–H groups in total. The lowest BCUT2D eigenvalue weighted by molar-refractivity contribution is -0.120. The number of rotatable bonds is 7. The predicted octanol–water partition coefficient (Wildman–Crippen LogP) is -0.330. The summed E-state index contributed by atoms with van der Waals surface area (Å²) in [6.07, 6.45) is 0. The third-order valence-electron chi connectivity index (χ3n) is 2.06. The molecule has 0 radical (unpaired) electrons. The molecule has 1 aromatic rings. The van der Waals surface area contributed by atoms with Crippen LogP contribution in [-0.4, -0.2) is 41.0 Å². The topological polar surface area (TPSA) is 87.3 Å². The number of hydrogen-bond donors (Lipinski definition) is 3. The zero-order valence-corrected chi connectivity index (χ0v) is 12.0. The highest BCUT2D eigenvalue weighted by atomic mass is 32.2. The number of nitrogens with one attached hydrogen (secondary N) is 3. The van der Waals surface area contributed by atoms with Crippen LogP contribution >= 0.6 is 11.3 Å². The first kappa shape index (κ1) is 15.1. The summed E-state index contributed by atoms with van der Waals surface area (Å²) in [5.74, 6) is -0.163. The van der Waals surface area contributed by atoms with Gasteiger partial charge in [-0.25, -0.2) is 13.1 Å². The summed E-state index contributed by atoms with van der Waals surface area (Å²) < 4.78 is 26.3. The SMILES string of the molecule is CNCC(=O)NCCNS(=O)(=O)c1ccc(C)s1. The largest absolute Gasteiger partial charge is 0.354 e. The Morgan fingerprint density at radius 3 is 2.61 bits per heavy atom. The second-order valence-corrected chi connectivity index (χ2v) is 6.92. The van der Waals surface area contributed by atoms with Crippen LogP contribution in [0.1, 0.15) is 4.88 Å². The van der Waals surface area contributed by atoms with Crippen LogP contribution in [0.4, 0.5) is 0 Å². The van der Waals surface area contributed by atoms with Crippen molar-refractivity contribution in [3.63, 3.8) is 0 Å². The van der Waals surface area contributed by atoms with Crippen LogP contribution in [0.15, 0.2) is 16.3 Å². The monoisotopic (exact) mass is 291 g/mol. The summed E-state index contributed by atoms with van der Waals surface area (Å²) in [4.78, 5) is 12.0. The van der Waals surface area contributed by atoms with E-state index in [4.69, 9.17) is 0 Å². The maximum atomic E-state index is 11.8. The lowest BCUT2D eigenvalue weighted by atomic mass is 10.5. The van der Waals surface area contributed by atoms with Crippen molar-refractivity contribution in [2.45, 2.75) is 11.1 Å². The van der Waals surface area contributed by atoms with Crippen molar-refractivity contribution in [1.82, 2.24) is 15.4 Å². The van der Waals surface area contributed by atoms with Gasteiger partial charge in [-0.15, -0.1) is 11.3 Å². The molecule has 0 aliphatic heterocycles. The van der Waals surface area contributed by atoms with Crippen molar-refractivity contribution < 1.29 is 13.2 Å². The van der Waals surface area contributed by atoms with E-state index >= 15 is 0 Å². The van der Waals surface area contributed by atoms with E-state index in [-0.39, 0.29) is 25.5 Å². The van der Waals surface area contributed by atoms with Gasteiger partial charge in [-0.3, -0.25) is 4.79 Å². The summed E-state index contributed by atoms with van der Waals surface area (Å²) in [5.41, 5.74) is 0. The molecule has 8 heteroatoms. The number of carbonyl (C=O) groups is 1. The molecule has 0 aliphatic rings. The Morgan fingerprint density at radius 2 is 2.06 bits per heavy atom. The van der Waals surface area contributed by atoms with Gasteiger partial charge in [0.15, 0.2) is 0 Å². The van der Waals surface area contributed by atoms with E-state index in [0.717, 1.165) is 4.88 Å². The number of aryl methyl sites for hydroxylation is 1. The molecule has 18 heavy (non-hydrogen) atoms. The van der Waals surface area contributed by atoms with Gasteiger partial charge >= 0.3 is 0 Å². The van der Waals surface area contributed by atoms with E-state index in [2.05, 4.69) is 15.4 Å². The molecule has 1 aromatic heterocycles. The number of thiophene rings is 1. The van der Waals surface area contributed by atoms with E-state index < -0.39 is 10.0 Å². The number of likely N-dealkylation sites (N-methyl/N-ethyl adjacent to an activating group) is 1. The summed E-state index contributed by atoms with van der Waals surface area (Å²) in [6, 6.07) is 3.33. The average molecular weight is 291 g/mol. The van der Waals surface area contributed by atoms with Crippen molar-refractivity contribution in [1.29, 1.82) is 0 Å². The lowest BCUT2D eigenvalue weighted by Gasteiger charge is -2.06. The van der Waals surface area contributed by atoms with E-state index in [1.165, 1.54) is 11.3 Å². The Hall–Kier alpha value is -0.960. The van der Waals surface area contributed by atoms with Crippen molar-refractivity contribution in [3.05, 3.63) is 17.0 Å². The first-order valence-electron chi connectivity index (χ1n) is 5.43. The Morgan fingerprint density at radius 1 is 1.33 bits per heavy atom. The minimum Gasteiger partial charge on any atom is -0.354 e. The molecule has 0 atom stereocenters. The smallest absolute Gasteiger partial charge is 0.250 e. The van der Waals surface area contributed by atoms with Crippen molar-refractivity contribution in [3.8, 4) is 0 Å². The lowest BCUT2D eigenvalue weighted by Crippen LogP contribution is -2.38. The van der Waals surface area contributed by atoms with Crippen LogP contribution in [0.5, 0.6) is 0 Å². The number of carbonyl (C=O) groups excluding carboxylic acids is 1. The van der Waals surface area contributed by atoms with Crippen LogP contribution < -0.4 is 15.4 Å². The highest BCUT2D eigenvalue weighted by Gasteiger charge is 2.15. The molecule has 1 rings (SSSR count). The summed E-state index contributed by atoms with van der Waals surface area (Å²) >= 11 is 1.22. The highest BCUT2D eigenvalue weighted by Crippen LogP contribution is 2.19. The quantitative estimate of drug-likeness (QED) is 0.600. The molecule has 0 aromatic carbocycles. The third kappa shape index (κ3) is 4.73. The molecule has 0 aliphatic carbocycles. The molecule has 0 fully saturated rings. The zero-order chi connectivity index (χ0) is 13.6. The van der Waals surface area contributed by atoms with Gasteiger partial charge in [0, 0.05) is 18.0 Å². The fourth-order valence-electron chi connectivity index (χ4n) is 1.24. The van der Waals surface area contributed by atoms with Gasteiger partial charge in [-0.05, 0) is 26.1 Å². The Kier molecular flexibility index (Phi) is 5.73. The molecule has 1 heterocycles. The number of amides is 1. The van der Waals surface area contributed by atoms with Gasteiger partial charge in [0.2, 0.25) is 15.9 Å². The van der Waals surface area contributed by atoms with Crippen LogP contribution in [0.3, 0.4) is 0 Å². The maximum Gasteiger partial charge on any atom is 0.250 e. The van der Waals surface area contributed by atoms with Crippen LogP contribution in [0, 0.1) is 6.92 Å². The maximum absolute atomic E-state index is 11.8. The van der Waals surface area contributed by atoms with E-state index in [1.54, 1.807) is 19.2 Å². The van der Waals surface area contributed by atoms with Gasteiger partial charge in [0.1, 0.15) is 4.21 Å². The molecule has 102 valence electrons. The Labute approximate surface area is 111 Å². The standard InChI is InChI=1S/C10H17N3O3S2/c1-8-3-4-10(17-8)18(15,16)13-6-5-12-9(14)7-11-2/h3-4,11,13H,5-7H2,1-2H3,(H,12,14). The van der Waals surface area contributed by atoms with Gasteiger partial charge < -0.3 is 10.6 Å². The molecule has 0 spiro atoms. The van der Waals surface area contributed by atoms with E-state index in [0.29, 0.717) is 4.21 Å². The summed E-state index contributed by atoms with van der Waals surface area (Å²) in [5, 5.41) is 5.29. The first-order chi connectivity index (χ1) is 8.45. The fraction of sp³-hybridized carbons (Fsp3) is 0.500. The van der Waals surface area contributed by atoms with Crippen molar-refractivity contribution in [2.24, 2.45) is 0 Å². The normalized spacial score (nSPS) is 11.4. The highest BCUT2D eigenvalue weighted by molar-refractivity contribution is 7.91. The van der Waals surface area contributed by atoms with E-state index in [9.17, 15) is 13.2 Å².